The third kappa shape index (κ3) is 3.30. The van der Waals surface area contributed by atoms with E-state index in [9.17, 15) is 4.79 Å². The molecule has 0 atom stereocenters. The van der Waals surface area contributed by atoms with E-state index in [1.165, 1.54) is 6.20 Å². The van der Waals surface area contributed by atoms with Gasteiger partial charge in [0.05, 0.1) is 19.0 Å². The molecule has 1 amide bonds. The number of para-hydroxylation sites is 1. The van der Waals surface area contributed by atoms with Gasteiger partial charge in [-0.05, 0) is 6.07 Å². The average molecular weight is 272 g/mol. The van der Waals surface area contributed by atoms with E-state index >= 15 is 0 Å². The number of hydrogen-bond acceptors (Lipinski definition) is 5. The van der Waals surface area contributed by atoms with Crippen molar-refractivity contribution in [1.29, 1.82) is 0 Å². The van der Waals surface area contributed by atoms with Crippen LogP contribution in [0.15, 0.2) is 36.7 Å². The zero-order chi connectivity index (χ0) is 14.4. The summed E-state index contributed by atoms with van der Waals surface area (Å²) < 4.78 is 5.10. The van der Waals surface area contributed by atoms with Gasteiger partial charge < -0.3 is 15.4 Å². The minimum atomic E-state index is -0.307. The van der Waals surface area contributed by atoms with E-state index in [0.717, 1.165) is 5.56 Å². The Morgan fingerprint density at radius 1 is 1.30 bits per heavy atom. The molecular weight excluding hydrogens is 256 g/mol. The Morgan fingerprint density at radius 3 is 2.85 bits per heavy atom. The second kappa shape index (κ2) is 6.63. The molecule has 2 N–H and O–H groups in total. The maximum Gasteiger partial charge on any atom is 0.275 e. The minimum absolute atomic E-state index is 0.254. The van der Waals surface area contributed by atoms with Crippen LogP contribution in [0.2, 0.25) is 0 Å². The van der Waals surface area contributed by atoms with Crippen LogP contribution in [0.25, 0.3) is 0 Å². The van der Waals surface area contributed by atoms with Crippen molar-refractivity contribution in [1.82, 2.24) is 9.97 Å². The number of ether oxygens (including phenoxy) is 1. The van der Waals surface area contributed by atoms with Crippen molar-refractivity contribution < 1.29 is 9.53 Å². The predicted molar refractivity (Wildman–Crippen MR) is 76.7 cm³/mol. The molecule has 0 saturated carbocycles. The molecule has 6 heteroatoms. The Bertz CT molecular complexity index is 601. The summed E-state index contributed by atoms with van der Waals surface area (Å²) in [4.78, 5) is 20.3. The summed E-state index contributed by atoms with van der Waals surface area (Å²) in [5.74, 6) is 0.237. The third-order valence-electron chi connectivity index (χ3n) is 2.69. The van der Waals surface area contributed by atoms with Gasteiger partial charge in [-0.15, -0.1) is 0 Å². The number of hydrogen-bond donors (Lipinski definition) is 2. The molecule has 0 radical (unpaired) electrons. The summed E-state index contributed by atoms with van der Waals surface area (Å²) >= 11 is 0. The number of benzene rings is 1. The minimum Gasteiger partial charge on any atom is -0.380 e. The molecule has 1 aromatic carbocycles. The maximum atomic E-state index is 12.2. The van der Waals surface area contributed by atoms with Gasteiger partial charge in [0.2, 0.25) is 0 Å². The maximum absolute atomic E-state index is 12.2. The fraction of sp³-hybridized carbons (Fsp3) is 0.214. The molecule has 0 aliphatic rings. The molecule has 0 aliphatic heterocycles. The Morgan fingerprint density at radius 2 is 2.10 bits per heavy atom. The van der Waals surface area contributed by atoms with E-state index in [4.69, 9.17) is 4.74 Å². The van der Waals surface area contributed by atoms with Gasteiger partial charge in [-0.3, -0.25) is 9.78 Å². The molecule has 20 heavy (non-hydrogen) atoms. The Kier molecular flexibility index (Phi) is 4.62. The molecule has 1 heterocycles. The molecule has 0 bridgehead atoms. The van der Waals surface area contributed by atoms with Crippen molar-refractivity contribution in [2.75, 3.05) is 24.8 Å². The lowest BCUT2D eigenvalue weighted by Crippen LogP contribution is -2.16. The van der Waals surface area contributed by atoms with Crippen LogP contribution in [0.5, 0.6) is 0 Å². The molecule has 2 rings (SSSR count). The van der Waals surface area contributed by atoms with Crippen molar-refractivity contribution in [3.63, 3.8) is 0 Å². The first-order chi connectivity index (χ1) is 9.74. The fourth-order valence-corrected chi connectivity index (χ4v) is 1.71. The largest absolute Gasteiger partial charge is 0.380 e. The molecule has 2 aromatic rings. The summed E-state index contributed by atoms with van der Waals surface area (Å²) in [5, 5.41) is 5.66. The molecular formula is C14H16N4O2. The lowest BCUT2D eigenvalue weighted by atomic mass is 10.2. The van der Waals surface area contributed by atoms with Gasteiger partial charge in [0.15, 0.2) is 0 Å². The number of carbonyl (C=O) groups is 1. The normalized spacial score (nSPS) is 10.1. The van der Waals surface area contributed by atoms with Gasteiger partial charge in [-0.1, -0.05) is 18.2 Å². The number of anilines is 2. The van der Waals surface area contributed by atoms with E-state index < -0.39 is 0 Å². The highest BCUT2D eigenvalue weighted by Gasteiger charge is 2.11. The van der Waals surface area contributed by atoms with Crippen LogP contribution in [-0.4, -0.2) is 30.0 Å². The Hall–Kier alpha value is -2.47. The van der Waals surface area contributed by atoms with Gasteiger partial charge in [-0.25, -0.2) is 4.98 Å². The van der Waals surface area contributed by atoms with E-state index in [1.54, 1.807) is 20.4 Å². The topological polar surface area (TPSA) is 76.1 Å². The summed E-state index contributed by atoms with van der Waals surface area (Å²) in [6.45, 7) is 0.429. The van der Waals surface area contributed by atoms with Crippen molar-refractivity contribution in [2.45, 2.75) is 6.61 Å². The highest BCUT2D eigenvalue weighted by molar-refractivity contribution is 6.03. The SMILES string of the molecule is CNc1cncc(C(=O)Nc2ccccc2COC)n1. The molecule has 6 nitrogen and oxygen atoms in total. The van der Waals surface area contributed by atoms with Gasteiger partial charge >= 0.3 is 0 Å². The van der Waals surface area contributed by atoms with E-state index in [0.29, 0.717) is 18.1 Å². The lowest BCUT2D eigenvalue weighted by molar-refractivity contribution is 0.102. The number of rotatable bonds is 5. The molecule has 0 fully saturated rings. The van der Waals surface area contributed by atoms with Crippen LogP contribution in [0.4, 0.5) is 11.5 Å². The van der Waals surface area contributed by atoms with Crippen LogP contribution in [0.3, 0.4) is 0 Å². The molecule has 0 saturated heterocycles. The van der Waals surface area contributed by atoms with E-state index in [1.807, 2.05) is 24.3 Å². The molecule has 0 aliphatic carbocycles. The molecule has 0 spiro atoms. The van der Waals surface area contributed by atoms with Gasteiger partial charge in [0, 0.05) is 25.4 Å². The number of methoxy groups -OCH3 is 1. The van der Waals surface area contributed by atoms with Crippen LogP contribution in [0.1, 0.15) is 16.1 Å². The van der Waals surface area contributed by atoms with Crippen molar-refractivity contribution >= 4 is 17.4 Å². The monoisotopic (exact) mass is 272 g/mol. The number of amides is 1. The van der Waals surface area contributed by atoms with Crippen LogP contribution in [0, 0.1) is 0 Å². The smallest absolute Gasteiger partial charge is 0.275 e. The molecule has 1 aromatic heterocycles. The summed E-state index contributed by atoms with van der Waals surface area (Å²) in [5.41, 5.74) is 1.86. The second-order valence-electron chi connectivity index (χ2n) is 4.08. The number of nitrogens with one attached hydrogen (secondary N) is 2. The fourth-order valence-electron chi connectivity index (χ4n) is 1.71. The number of nitrogens with zero attached hydrogens (tertiary/aromatic N) is 2. The van der Waals surface area contributed by atoms with Crippen LogP contribution < -0.4 is 10.6 Å². The standard InChI is InChI=1S/C14H16N4O2/c1-15-13-8-16-7-12(17-13)14(19)18-11-6-4-3-5-10(11)9-20-2/h3-8H,9H2,1-2H3,(H,15,17)(H,18,19). The van der Waals surface area contributed by atoms with Crippen molar-refractivity contribution in [2.24, 2.45) is 0 Å². The van der Waals surface area contributed by atoms with Crippen LogP contribution >= 0.6 is 0 Å². The summed E-state index contributed by atoms with van der Waals surface area (Å²) in [7, 11) is 3.33. The quantitative estimate of drug-likeness (QED) is 0.869. The Labute approximate surface area is 117 Å². The first kappa shape index (κ1) is 14.0. The first-order valence-electron chi connectivity index (χ1n) is 6.12. The lowest BCUT2D eigenvalue weighted by Gasteiger charge is -2.10. The van der Waals surface area contributed by atoms with Gasteiger partial charge in [-0.2, -0.15) is 0 Å². The summed E-state index contributed by atoms with van der Waals surface area (Å²) in [6.07, 6.45) is 2.98. The average Bonchev–Trinajstić information content (AvgIpc) is 2.49. The zero-order valence-electron chi connectivity index (χ0n) is 11.4. The van der Waals surface area contributed by atoms with Crippen LogP contribution in [-0.2, 0) is 11.3 Å². The second-order valence-corrected chi connectivity index (χ2v) is 4.08. The van der Waals surface area contributed by atoms with Crippen molar-refractivity contribution in [3.05, 3.63) is 47.9 Å². The summed E-state index contributed by atoms with van der Waals surface area (Å²) in [6, 6.07) is 7.46. The van der Waals surface area contributed by atoms with Gasteiger partial charge in [0.1, 0.15) is 11.5 Å². The van der Waals surface area contributed by atoms with E-state index in [-0.39, 0.29) is 11.6 Å². The number of carbonyl (C=O) groups excluding carboxylic acids is 1. The molecule has 104 valence electrons. The predicted octanol–water partition coefficient (Wildman–Crippen LogP) is 1.92. The van der Waals surface area contributed by atoms with Gasteiger partial charge in [0.25, 0.3) is 5.91 Å². The molecule has 0 unspecified atom stereocenters. The van der Waals surface area contributed by atoms with E-state index in [2.05, 4.69) is 20.6 Å². The highest BCUT2D eigenvalue weighted by atomic mass is 16.5. The first-order valence-corrected chi connectivity index (χ1v) is 6.12. The third-order valence-corrected chi connectivity index (χ3v) is 2.69. The highest BCUT2D eigenvalue weighted by Crippen LogP contribution is 2.16. The zero-order valence-corrected chi connectivity index (χ0v) is 11.4. The Balaban J connectivity index is 2.19. The van der Waals surface area contributed by atoms with Crippen molar-refractivity contribution in [3.8, 4) is 0 Å². The number of aromatic nitrogens is 2.